The summed E-state index contributed by atoms with van der Waals surface area (Å²) in [6.07, 6.45) is 2.28. The molecular formula is C11H11ClO3. The van der Waals surface area contributed by atoms with Crippen LogP contribution in [0.1, 0.15) is 10.4 Å². The third kappa shape index (κ3) is 2.73. The zero-order valence-corrected chi connectivity index (χ0v) is 9.08. The van der Waals surface area contributed by atoms with Crippen LogP contribution in [0.2, 0.25) is 5.02 Å². The minimum Gasteiger partial charge on any atom is -0.493 e. The van der Waals surface area contributed by atoms with Crippen molar-refractivity contribution in [2.45, 2.75) is 0 Å². The minimum absolute atomic E-state index is 0.338. The Morgan fingerprint density at radius 3 is 2.73 bits per heavy atom. The van der Waals surface area contributed by atoms with Crippen molar-refractivity contribution in [2.75, 3.05) is 13.7 Å². The van der Waals surface area contributed by atoms with Crippen LogP contribution in [0.3, 0.4) is 0 Å². The van der Waals surface area contributed by atoms with Crippen LogP contribution in [-0.2, 0) is 0 Å². The molecule has 1 aromatic rings. The molecule has 0 amide bonds. The Bertz CT molecular complexity index is 374. The molecule has 4 heteroatoms. The van der Waals surface area contributed by atoms with E-state index in [-0.39, 0.29) is 0 Å². The minimum atomic E-state index is 0.338. The molecule has 3 nitrogen and oxygen atoms in total. The second-order valence-corrected chi connectivity index (χ2v) is 3.15. The number of halogens is 1. The summed E-state index contributed by atoms with van der Waals surface area (Å²) in [4.78, 5) is 10.6. The van der Waals surface area contributed by atoms with Crippen molar-refractivity contribution in [1.82, 2.24) is 0 Å². The molecule has 0 radical (unpaired) electrons. The first-order valence-electron chi connectivity index (χ1n) is 4.29. The Morgan fingerprint density at radius 2 is 2.20 bits per heavy atom. The van der Waals surface area contributed by atoms with Crippen LogP contribution in [-0.4, -0.2) is 20.0 Å². The standard InChI is InChI=1S/C11H11ClO3/c1-3-4-15-11-6-9(12)8(7-13)5-10(11)14-2/h3,5-7H,1,4H2,2H3. The molecule has 80 valence electrons. The summed E-state index contributed by atoms with van der Waals surface area (Å²) in [7, 11) is 1.50. The second kappa shape index (κ2) is 5.41. The number of carbonyl (C=O) groups is 1. The summed E-state index contributed by atoms with van der Waals surface area (Å²) >= 11 is 5.84. The Kier molecular flexibility index (Phi) is 4.18. The van der Waals surface area contributed by atoms with Gasteiger partial charge in [-0.1, -0.05) is 24.3 Å². The molecule has 15 heavy (non-hydrogen) atoms. The molecule has 0 saturated carbocycles. The average Bonchev–Trinajstić information content (AvgIpc) is 2.26. The fraction of sp³-hybridized carbons (Fsp3) is 0.182. The monoisotopic (exact) mass is 226 g/mol. The number of methoxy groups -OCH3 is 1. The van der Waals surface area contributed by atoms with Crippen LogP contribution >= 0.6 is 11.6 Å². The van der Waals surface area contributed by atoms with Gasteiger partial charge in [0.1, 0.15) is 6.61 Å². The predicted molar refractivity (Wildman–Crippen MR) is 59.1 cm³/mol. The molecule has 0 saturated heterocycles. The summed E-state index contributed by atoms with van der Waals surface area (Å²) in [5, 5.41) is 0.338. The van der Waals surface area contributed by atoms with Gasteiger partial charge < -0.3 is 9.47 Å². The molecule has 1 rings (SSSR count). The summed E-state index contributed by atoms with van der Waals surface area (Å²) in [6.45, 7) is 3.89. The summed E-state index contributed by atoms with van der Waals surface area (Å²) in [6, 6.07) is 3.08. The maximum atomic E-state index is 10.6. The number of hydrogen-bond donors (Lipinski definition) is 0. The van der Waals surface area contributed by atoms with E-state index in [1.54, 1.807) is 12.1 Å². The van der Waals surface area contributed by atoms with E-state index >= 15 is 0 Å². The fourth-order valence-electron chi connectivity index (χ4n) is 1.06. The molecule has 0 aromatic heterocycles. The van der Waals surface area contributed by atoms with Crippen molar-refractivity contribution in [3.63, 3.8) is 0 Å². The molecular weight excluding hydrogens is 216 g/mol. The number of ether oxygens (including phenoxy) is 2. The Balaban J connectivity index is 3.08. The van der Waals surface area contributed by atoms with Gasteiger partial charge in [0.25, 0.3) is 0 Å². The van der Waals surface area contributed by atoms with Crippen molar-refractivity contribution in [3.8, 4) is 11.5 Å². The molecule has 1 aromatic carbocycles. The van der Waals surface area contributed by atoms with Gasteiger partial charge >= 0.3 is 0 Å². The summed E-state index contributed by atoms with van der Waals surface area (Å²) < 4.78 is 10.4. The van der Waals surface area contributed by atoms with E-state index in [1.807, 2.05) is 0 Å². The van der Waals surface area contributed by atoms with E-state index in [2.05, 4.69) is 6.58 Å². The van der Waals surface area contributed by atoms with E-state index in [4.69, 9.17) is 21.1 Å². The summed E-state index contributed by atoms with van der Waals surface area (Å²) in [5.41, 5.74) is 0.375. The fourth-order valence-corrected chi connectivity index (χ4v) is 1.26. The van der Waals surface area contributed by atoms with Crippen molar-refractivity contribution in [2.24, 2.45) is 0 Å². The highest BCUT2D eigenvalue weighted by molar-refractivity contribution is 6.33. The predicted octanol–water partition coefficient (Wildman–Crippen LogP) is 2.73. The SMILES string of the molecule is C=CCOc1cc(Cl)c(C=O)cc1OC. The van der Waals surface area contributed by atoms with E-state index in [0.717, 1.165) is 0 Å². The lowest BCUT2D eigenvalue weighted by Crippen LogP contribution is -1.97. The van der Waals surface area contributed by atoms with Crippen LogP contribution in [0.15, 0.2) is 24.8 Å². The van der Waals surface area contributed by atoms with Crippen LogP contribution in [0.25, 0.3) is 0 Å². The number of rotatable bonds is 5. The molecule has 0 N–H and O–H groups in total. The lowest BCUT2D eigenvalue weighted by atomic mass is 10.2. The van der Waals surface area contributed by atoms with Gasteiger partial charge in [-0.2, -0.15) is 0 Å². The average molecular weight is 227 g/mol. The molecule has 0 bridgehead atoms. The third-order valence-corrected chi connectivity index (χ3v) is 2.09. The molecule has 0 unspecified atom stereocenters. The molecule has 0 atom stereocenters. The lowest BCUT2D eigenvalue weighted by Gasteiger charge is -2.10. The van der Waals surface area contributed by atoms with Crippen molar-refractivity contribution < 1.29 is 14.3 Å². The Morgan fingerprint density at radius 1 is 1.47 bits per heavy atom. The normalized spacial score (nSPS) is 9.47. The molecule has 0 aliphatic rings. The smallest absolute Gasteiger partial charge is 0.163 e. The van der Waals surface area contributed by atoms with Gasteiger partial charge in [0.05, 0.1) is 12.1 Å². The third-order valence-electron chi connectivity index (χ3n) is 1.77. The van der Waals surface area contributed by atoms with Crippen molar-refractivity contribution in [3.05, 3.63) is 35.4 Å². The van der Waals surface area contributed by atoms with Gasteiger partial charge in [0.2, 0.25) is 0 Å². The van der Waals surface area contributed by atoms with Gasteiger partial charge in [0.15, 0.2) is 17.8 Å². The number of carbonyl (C=O) groups excluding carboxylic acids is 1. The van der Waals surface area contributed by atoms with Gasteiger partial charge in [-0.3, -0.25) is 4.79 Å². The number of hydrogen-bond acceptors (Lipinski definition) is 3. The van der Waals surface area contributed by atoms with Crippen molar-refractivity contribution in [1.29, 1.82) is 0 Å². The van der Waals surface area contributed by atoms with Gasteiger partial charge in [-0.15, -0.1) is 0 Å². The first kappa shape index (κ1) is 11.6. The number of aldehydes is 1. The van der Waals surface area contributed by atoms with Gasteiger partial charge in [-0.25, -0.2) is 0 Å². The lowest BCUT2D eigenvalue weighted by molar-refractivity contribution is 0.112. The van der Waals surface area contributed by atoms with Gasteiger partial charge in [0, 0.05) is 11.6 Å². The largest absolute Gasteiger partial charge is 0.493 e. The van der Waals surface area contributed by atoms with Crippen LogP contribution in [0.5, 0.6) is 11.5 Å². The van der Waals surface area contributed by atoms with E-state index in [9.17, 15) is 4.79 Å². The molecule has 0 spiro atoms. The highest BCUT2D eigenvalue weighted by Crippen LogP contribution is 2.32. The van der Waals surface area contributed by atoms with Crippen LogP contribution in [0, 0.1) is 0 Å². The molecule has 0 heterocycles. The summed E-state index contributed by atoms with van der Waals surface area (Å²) in [5.74, 6) is 0.969. The van der Waals surface area contributed by atoms with Gasteiger partial charge in [-0.05, 0) is 6.07 Å². The Hall–Kier alpha value is -1.48. The van der Waals surface area contributed by atoms with E-state index < -0.39 is 0 Å². The first-order chi connectivity index (χ1) is 7.22. The topological polar surface area (TPSA) is 35.5 Å². The van der Waals surface area contributed by atoms with Crippen LogP contribution in [0.4, 0.5) is 0 Å². The quantitative estimate of drug-likeness (QED) is 0.572. The zero-order valence-electron chi connectivity index (χ0n) is 8.33. The second-order valence-electron chi connectivity index (χ2n) is 2.74. The van der Waals surface area contributed by atoms with E-state index in [1.165, 1.54) is 13.2 Å². The molecule has 0 aliphatic carbocycles. The highest BCUT2D eigenvalue weighted by atomic mass is 35.5. The van der Waals surface area contributed by atoms with E-state index in [0.29, 0.717) is 35.0 Å². The zero-order chi connectivity index (χ0) is 11.3. The maximum absolute atomic E-state index is 10.6. The highest BCUT2D eigenvalue weighted by Gasteiger charge is 2.09. The molecule has 0 fully saturated rings. The first-order valence-corrected chi connectivity index (χ1v) is 4.67. The molecule has 0 aliphatic heterocycles. The number of benzene rings is 1. The Labute approximate surface area is 93.3 Å². The maximum Gasteiger partial charge on any atom is 0.163 e. The van der Waals surface area contributed by atoms with Crippen molar-refractivity contribution >= 4 is 17.9 Å². The van der Waals surface area contributed by atoms with Crippen LogP contribution < -0.4 is 9.47 Å².